The first kappa shape index (κ1) is 25.4. The molecule has 0 spiro atoms. The quantitative estimate of drug-likeness (QED) is 0.569. The van der Waals surface area contributed by atoms with Gasteiger partial charge >= 0.3 is 17.1 Å². The third kappa shape index (κ3) is 15.7. The normalized spacial score (nSPS) is 12.4. The van der Waals surface area contributed by atoms with Gasteiger partial charge in [-0.3, -0.25) is 0 Å². The molecule has 0 aliphatic rings. The van der Waals surface area contributed by atoms with Gasteiger partial charge in [-0.15, -0.1) is 0 Å². The molecule has 124 valence electrons. The molecule has 21 heavy (non-hydrogen) atoms. The molecular weight excluding hydrogens is 311 g/mol. The van der Waals surface area contributed by atoms with Crippen LogP contribution in [-0.2, 0) is 26.7 Å². The van der Waals surface area contributed by atoms with Crippen molar-refractivity contribution in [3.63, 3.8) is 0 Å². The summed E-state index contributed by atoms with van der Waals surface area (Å²) in [6.07, 6.45) is 7.04. The number of carbonyl (C=O) groups excluding carboxylic acids is 2. The average Bonchev–Trinajstić information content (AvgIpc) is 2.40. The molecule has 0 aromatic rings. The van der Waals surface area contributed by atoms with Crippen LogP contribution < -0.4 is 10.2 Å². The molecule has 0 heterocycles. The predicted molar refractivity (Wildman–Crippen MR) is 76.6 cm³/mol. The van der Waals surface area contributed by atoms with E-state index in [1.165, 1.54) is 0 Å². The van der Waals surface area contributed by atoms with E-state index in [1.807, 2.05) is 13.8 Å². The molecule has 2 unspecified atom stereocenters. The molecule has 0 saturated carbocycles. The zero-order valence-corrected chi connectivity index (χ0v) is 15.0. The van der Waals surface area contributed by atoms with E-state index in [0.717, 1.165) is 38.5 Å². The fourth-order valence-electron chi connectivity index (χ4n) is 1.88. The van der Waals surface area contributed by atoms with Crippen molar-refractivity contribution in [2.75, 3.05) is 0 Å². The summed E-state index contributed by atoms with van der Waals surface area (Å²) in [5.74, 6) is -2.23. The Hall–Kier alpha value is -0.541. The van der Waals surface area contributed by atoms with Gasteiger partial charge < -0.3 is 19.8 Å². The Labute approximate surface area is 140 Å². The number of carboxylic acid groups (broad SMARTS) is 2. The summed E-state index contributed by atoms with van der Waals surface area (Å²) in [6, 6.07) is 0. The van der Waals surface area contributed by atoms with E-state index >= 15 is 0 Å². The molecular formula is C16H30MnO4+. The fourth-order valence-corrected chi connectivity index (χ4v) is 1.88. The van der Waals surface area contributed by atoms with E-state index < -0.39 is 11.9 Å². The Morgan fingerprint density at radius 2 is 1.05 bits per heavy atom. The maximum Gasteiger partial charge on any atom is 3.00 e. The van der Waals surface area contributed by atoms with Gasteiger partial charge in [-0.1, -0.05) is 53.4 Å². The smallest absolute Gasteiger partial charge is 0.550 e. The van der Waals surface area contributed by atoms with Crippen LogP contribution in [-0.4, -0.2) is 11.9 Å². The standard InChI is InChI=1S/2C8H16O2.Mn/c2*1-3-5-6-7(4-2)8(9)10;/h2*7H,3-6H2,1-2H3,(H,9,10);/q;;+3/p-2. The van der Waals surface area contributed by atoms with Gasteiger partial charge in [0.15, 0.2) is 0 Å². The fraction of sp³-hybridized carbons (Fsp3) is 0.875. The molecule has 0 rings (SSSR count). The van der Waals surface area contributed by atoms with Gasteiger partial charge in [0.05, 0.1) is 0 Å². The first-order valence-corrected chi connectivity index (χ1v) is 7.86. The number of hydrogen-bond acceptors (Lipinski definition) is 4. The Kier molecular flexibility index (Phi) is 21.2. The zero-order chi connectivity index (χ0) is 16.0. The molecule has 0 amide bonds. The number of rotatable bonds is 10. The number of unbranched alkanes of at least 4 members (excludes halogenated alkanes) is 2. The van der Waals surface area contributed by atoms with Crippen molar-refractivity contribution in [1.29, 1.82) is 0 Å². The van der Waals surface area contributed by atoms with Gasteiger partial charge in [0.1, 0.15) is 0 Å². The summed E-state index contributed by atoms with van der Waals surface area (Å²) < 4.78 is 0. The number of hydrogen-bond donors (Lipinski definition) is 0. The van der Waals surface area contributed by atoms with E-state index in [2.05, 4.69) is 13.8 Å². The van der Waals surface area contributed by atoms with E-state index in [4.69, 9.17) is 0 Å². The molecule has 2 atom stereocenters. The second-order valence-electron chi connectivity index (χ2n) is 5.13. The van der Waals surface area contributed by atoms with Crippen LogP contribution in [0.2, 0.25) is 0 Å². The van der Waals surface area contributed by atoms with E-state index in [-0.39, 0.29) is 28.9 Å². The maximum absolute atomic E-state index is 10.3. The Morgan fingerprint density at radius 3 is 1.19 bits per heavy atom. The Bertz CT molecular complexity index is 231. The summed E-state index contributed by atoms with van der Waals surface area (Å²) in [5, 5.41) is 20.7. The Balaban J connectivity index is -0.000000295. The van der Waals surface area contributed by atoms with Gasteiger partial charge in [0.25, 0.3) is 0 Å². The molecule has 0 fully saturated rings. The van der Waals surface area contributed by atoms with Crippen LogP contribution in [0.1, 0.15) is 79.1 Å². The van der Waals surface area contributed by atoms with E-state index in [0.29, 0.717) is 12.8 Å². The van der Waals surface area contributed by atoms with Crippen LogP contribution in [0.5, 0.6) is 0 Å². The monoisotopic (exact) mass is 341 g/mol. The first-order chi connectivity index (χ1) is 9.44. The molecule has 0 aromatic heterocycles. The molecule has 5 heteroatoms. The van der Waals surface area contributed by atoms with Crippen molar-refractivity contribution in [3.05, 3.63) is 0 Å². The molecule has 0 aliphatic carbocycles. The summed E-state index contributed by atoms with van der Waals surface area (Å²) in [5.41, 5.74) is 0. The van der Waals surface area contributed by atoms with Gasteiger partial charge in [-0.2, -0.15) is 0 Å². The van der Waals surface area contributed by atoms with Gasteiger partial charge in [0, 0.05) is 11.9 Å². The third-order valence-corrected chi connectivity index (χ3v) is 3.46. The third-order valence-electron chi connectivity index (χ3n) is 3.46. The van der Waals surface area contributed by atoms with Crippen LogP contribution >= 0.6 is 0 Å². The minimum Gasteiger partial charge on any atom is -0.550 e. The van der Waals surface area contributed by atoms with E-state index in [1.54, 1.807) is 0 Å². The second-order valence-corrected chi connectivity index (χ2v) is 5.13. The second kappa shape index (κ2) is 17.5. The van der Waals surface area contributed by atoms with Crippen molar-refractivity contribution in [2.45, 2.75) is 79.1 Å². The van der Waals surface area contributed by atoms with Crippen molar-refractivity contribution in [1.82, 2.24) is 0 Å². The van der Waals surface area contributed by atoms with E-state index in [9.17, 15) is 19.8 Å². The molecule has 0 N–H and O–H groups in total. The van der Waals surface area contributed by atoms with Crippen molar-refractivity contribution in [3.8, 4) is 0 Å². The molecule has 0 saturated heterocycles. The summed E-state index contributed by atoms with van der Waals surface area (Å²) >= 11 is 0. The van der Waals surface area contributed by atoms with Crippen LogP contribution in [0.3, 0.4) is 0 Å². The average molecular weight is 341 g/mol. The Morgan fingerprint density at radius 1 is 0.762 bits per heavy atom. The molecule has 0 radical (unpaired) electrons. The molecule has 4 nitrogen and oxygen atoms in total. The zero-order valence-electron chi connectivity index (χ0n) is 13.8. The first-order valence-electron chi connectivity index (χ1n) is 7.86. The SMILES string of the molecule is CCCCC(CC)C(=O)[O-].CCCCC(CC)C(=O)[O-].[Mn+3]. The summed E-state index contributed by atoms with van der Waals surface area (Å²) in [7, 11) is 0. The van der Waals surface area contributed by atoms with Crippen LogP contribution in [0, 0.1) is 11.8 Å². The molecule has 0 bridgehead atoms. The molecule has 0 aromatic carbocycles. The van der Waals surface area contributed by atoms with Crippen molar-refractivity contribution < 1.29 is 36.9 Å². The summed E-state index contributed by atoms with van der Waals surface area (Å²) in [6.45, 7) is 7.89. The van der Waals surface area contributed by atoms with Gasteiger partial charge in [0.2, 0.25) is 0 Å². The van der Waals surface area contributed by atoms with Crippen LogP contribution in [0.25, 0.3) is 0 Å². The van der Waals surface area contributed by atoms with Crippen molar-refractivity contribution >= 4 is 11.9 Å². The minimum atomic E-state index is -0.893. The number of aliphatic carboxylic acids is 2. The number of carboxylic acids is 2. The molecule has 0 aliphatic heterocycles. The summed E-state index contributed by atoms with van der Waals surface area (Å²) in [4.78, 5) is 20.7. The topological polar surface area (TPSA) is 80.3 Å². The van der Waals surface area contributed by atoms with Gasteiger partial charge in [-0.05, 0) is 37.5 Å². The minimum absolute atomic E-state index is 0. The van der Waals surface area contributed by atoms with Crippen LogP contribution in [0.4, 0.5) is 0 Å². The maximum atomic E-state index is 10.3. The number of carbonyl (C=O) groups is 2. The van der Waals surface area contributed by atoms with Gasteiger partial charge in [-0.25, -0.2) is 0 Å². The largest absolute Gasteiger partial charge is 3.00 e. The van der Waals surface area contributed by atoms with Crippen LogP contribution in [0.15, 0.2) is 0 Å². The predicted octanol–water partition coefficient (Wildman–Crippen LogP) is 1.90. The van der Waals surface area contributed by atoms with Crippen molar-refractivity contribution in [2.24, 2.45) is 11.8 Å².